The standard InChI is InChI=1S/C22H25N3O2/c1-22(2,3)18-13-20(26)24-19-12-15(8-11-17(18)19)23-21(27)14-6-9-16(10-7-14)25(4)5/h6-13,17H,1-5H3,(H,24,26). The number of carbonyl (C=O) groups is 2. The Hall–Kier alpha value is -2.95. The molecule has 1 unspecified atom stereocenters. The smallest absolute Gasteiger partial charge is 0.277 e. The number of amides is 2. The Kier molecular flexibility index (Phi) is 4.87. The molecule has 0 radical (unpaired) electrons. The molecule has 2 aliphatic rings. The minimum atomic E-state index is -0.302. The Bertz CT molecular complexity index is 894. The van der Waals surface area contributed by atoms with Crippen molar-refractivity contribution in [3.63, 3.8) is 0 Å². The first-order chi connectivity index (χ1) is 12.6. The SMILES string of the molecule is CN(C)c1ccc(C(=O)N=C2C=CC3C(=C2)NC(=O)C=C3C(C)(C)C)cc1. The molecule has 1 aliphatic heterocycles. The zero-order chi connectivity index (χ0) is 19.8. The molecule has 2 amide bonds. The van der Waals surface area contributed by atoms with E-state index in [-0.39, 0.29) is 23.1 Å². The number of hydrogen-bond donors (Lipinski definition) is 1. The van der Waals surface area contributed by atoms with Gasteiger partial charge in [0.2, 0.25) is 5.91 Å². The summed E-state index contributed by atoms with van der Waals surface area (Å²) in [5.74, 6) is -0.428. The van der Waals surface area contributed by atoms with Crippen LogP contribution in [0.3, 0.4) is 0 Å². The van der Waals surface area contributed by atoms with Crippen LogP contribution in [0.1, 0.15) is 31.1 Å². The number of nitrogens with zero attached hydrogens (tertiary/aromatic N) is 2. The van der Waals surface area contributed by atoms with Crippen molar-refractivity contribution in [3.8, 4) is 0 Å². The van der Waals surface area contributed by atoms with Gasteiger partial charge in [-0.25, -0.2) is 4.99 Å². The van der Waals surface area contributed by atoms with Crippen LogP contribution in [0.5, 0.6) is 0 Å². The number of benzene rings is 1. The molecule has 27 heavy (non-hydrogen) atoms. The summed E-state index contributed by atoms with van der Waals surface area (Å²) in [6.45, 7) is 6.27. The highest BCUT2D eigenvalue weighted by atomic mass is 16.2. The van der Waals surface area contributed by atoms with E-state index >= 15 is 0 Å². The van der Waals surface area contributed by atoms with E-state index in [2.05, 4.69) is 31.1 Å². The molecular formula is C22H25N3O2. The molecule has 0 saturated carbocycles. The fourth-order valence-corrected chi connectivity index (χ4v) is 3.23. The van der Waals surface area contributed by atoms with E-state index in [1.54, 1.807) is 24.3 Å². The topological polar surface area (TPSA) is 61.8 Å². The molecule has 1 aliphatic carbocycles. The molecule has 1 aromatic carbocycles. The maximum atomic E-state index is 12.5. The third-order valence-electron chi connectivity index (χ3n) is 4.71. The van der Waals surface area contributed by atoms with Gasteiger partial charge in [-0.15, -0.1) is 0 Å². The minimum absolute atomic E-state index is 0.0103. The summed E-state index contributed by atoms with van der Waals surface area (Å²) < 4.78 is 0. The van der Waals surface area contributed by atoms with E-state index < -0.39 is 0 Å². The van der Waals surface area contributed by atoms with Crippen LogP contribution in [-0.4, -0.2) is 31.6 Å². The number of hydrogen-bond acceptors (Lipinski definition) is 3. The lowest BCUT2D eigenvalue weighted by atomic mass is 9.74. The summed E-state index contributed by atoms with van der Waals surface area (Å²) >= 11 is 0. The Labute approximate surface area is 160 Å². The van der Waals surface area contributed by atoms with E-state index in [0.29, 0.717) is 11.3 Å². The first kappa shape index (κ1) is 18.8. The maximum Gasteiger partial charge on any atom is 0.277 e. The van der Waals surface area contributed by atoms with Crippen molar-refractivity contribution in [1.29, 1.82) is 0 Å². The molecule has 140 valence electrons. The number of nitrogens with one attached hydrogen (secondary N) is 1. The summed E-state index contributed by atoms with van der Waals surface area (Å²) in [6.07, 6.45) is 7.30. The number of carbonyl (C=O) groups excluding carboxylic acids is 2. The van der Waals surface area contributed by atoms with Gasteiger partial charge in [0, 0.05) is 43.0 Å². The van der Waals surface area contributed by atoms with Gasteiger partial charge in [0.15, 0.2) is 0 Å². The summed E-state index contributed by atoms with van der Waals surface area (Å²) in [5.41, 5.74) is 3.80. The molecule has 1 aromatic rings. The van der Waals surface area contributed by atoms with Gasteiger partial charge in [-0.05, 0) is 47.4 Å². The second-order valence-electron chi connectivity index (χ2n) is 8.06. The zero-order valence-corrected chi connectivity index (χ0v) is 16.4. The molecule has 1 N–H and O–H groups in total. The Balaban J connectivity index is 1.85. The van der Waals surface area contributed by atoms with Crippen molar-refractivity contribution in [2.75, 3.05) is 19.0 Å². The van der Waals surface area contributed by atoms with Gasteiger partial charge in [-0.1, -0.05) is 26.8 Å². The average molecular weight is 363 g/mol. The fraction of sp³-hybridized carbons (Fsp3) is 0.318. The minimum Gasteiger partial charge on any atom is -0.378 e. The van der Waals surface area contributed by atoms with Crippen LogP contribution >= 0.6 is 0 Å². The lowest BCUT2D eigenvalue weighted by molar-refractivity contribution is -0.116. The summed E-state index contributed by atoms with van der Waals surface area (Å²) in [4.78, 5) is 30.7. The molecule has 0 saturated heterocycles. The Morgan fingerprint density at radius 3 is 2.37 bits per heavy atom. The quantitative estimate of drug-likeness (QED) is 0.875. The van der Waals surface area contributed by atoms with Crippen molar-refractivity contribution in [2.45, 2.75) is 20.8 Å². The lowest BCUT2D eigenvalue weighted by Crippen LogP contribution is -2.36. The van der Waals surface area contributed by atoms with E-state index in [9.17, 15) is 9.59 Å². The van der Waals surface area contributed by atoms with E-state index in [1.807, 2.05) is 43.3 Å². The molecule has 0 fully saturated rings. The summed E-state index contributed by atoms with van der Waals surface area (Å²) in [7, 11) is 3.90. The maximum absolute atomic E-state index is 12.5. The van der Waals surface area contributed by atoms with Crippen LogP contribution < -0.4 is 10.2 Å². The number of rotatable bonds is 2. The summed E-state index contributed by atoms with van der Waals surface area (Å²) in [6, 6.07) is 7.32. The molecule has 1 heterocycles. The van der Waals surface area contributed by atoms with E-state index in [1.165, 1.54) is 0 Å². The van der Waals surface area contributed by atoms with Gasteiger partial charge in [0.25, 0.3) is 5.91 Å². The molecule has 1 atom stereocenters. The molecule has 3 rings (SSSR count). The van der Waals surface area contributed by atoms with Crippen molar-refractivity contribution >= 4 is 23.2 Å². The van der Waals surface area contributed by atoms with Gasteiger partial charge in [0.1, 0.15) is 0 Å². The predicted octanol–water partition coefficient (Wildman–Crippen LogP) is 3.51. The van der Waals surface area contributed by atoms with Gasteiger partial charge < -0.3 is 10.2 Å². The van der Waals surface area contributed by atoms with Crippen LogP contribution in [0.4, 0.5) is 5.69 Å². The first-order valence-corrected chi connectivity index (χ1v) is 8.98. The number of allylic oxidation sites excluding steroid dienone is 3. The highest BCUT2D eigenvalue weighted by Crippen LogP contribution is 2.38. The number of fused-ring (bicyclic) bond motifs is 1. The first-order valence-electron chi connectivity index (χ1n) is 8.98. The lowest BCUT2D eigenvalue weighted by Gasteiger charge is -2.34. The van der Waals surface area contributed by atoms with Gasteiger partial charge in [-0.2, -0.15) is 0 Å². The number of anilines is 1. The monoisotopic (exact) mass is 363 g/mol. The largest absolute Gasteiger partial charge is 0.378 e. The van der Waals surface area contributed by atoms with Gasteiger partial charge in [0.05, 0.1) is 5.71 Å². The van der Waals surface area contributed by atoms with Gasteiger partial charge >= 0.3 is 0 Å². The van der Waals surface area contributed by atoms with Crippen molar-refractivity contribution in [2.24, 2.45) is 16.3 Å². The second kappa shape index (κ2) is 6.99. The molecule has 5 heteroatoms. The van der Waals surface area contributed by atoms with Crippen LogP contribution in [-0.2, 0) is 4.79 Å². The molecular weight excluding hydrogens is 338 g/mol. The molecule has 0 spiro atoms. The average Bonchev–Trinajstić information content (AvgIpc) is 2.60. The van der Waals surface area contributed by atoms with E-state index in [0.717, 1.165) is 17.0 Å². The van der Waals surface area contributed by atoms with Crippen LogP contribution in [0.2, 0.25) is 0 Å². The van der Waals surface area contributed by atoms with Crippen molar-refractivity contribution < 1.29 is 9.59 Å². The van der Waals surface area contributed by atoms with Crippen LogP contribution in [0, 0.1) is 11.3 Å². The van der Waals surface area contributed by atoms with Crippen LogP contribution in [0.15, 0.2) is 64.8 Å². The predicted molar refractivity (Wildman–Crippen MR) is 109 cm³/mol. The third-order valence-corrected chi connectivity index (χ3v) is 4.71. The highest BCUT2D eigenvalue weighted by molar-refractivity contribution is 6.14. The Morgan fingerprint density at radius 2 is 1.78 bits per heavy atom. The van der Waals surface area contributed by atoms with E-state index in [4.69, 9.17) is 0 Å². The third kappa shape index (κ3) is 4.08. The molecule has 0 bridgehead atoms. The van der Waals surface area contributed by atoms with Crippen LogP contribution in [0.25, 0.3) is 0 Å². The van der Waals surface area contributed by atoms with Crippen molar-refractivity contribution in [3.05, 3.63) is 65.4 Å². The Morgan fingerprint density at radius 1 is 1.11 bits per heavy atom. The van der Waals surface area contributed by atoms with Crippen molar-refractivity contribution in [1.82, 2.24) is 5.32 Å². The number of aliphatic imine (C=N–C) groups is 1. The zero-order valence-electron chi connectivity index (χ0n) is 16.4. The normalized spacial score (nSPS) is 20.6. The summed E-state index contributed by atoms with van der Waals surface area (Å²) in [5, 5.41) is 2.88. The molecule has 5 nitrogen and oxygen atoms in total. The van der Waals surface area contributed by atoms with Gasteiger partial charge in [-0.3, -0.25) is 9.59 Å². The highest BCUT2D eigenvalue weighted by Gasteiger charge is 2.32. The fourth-order valence-electron chi connectivity index (χ4n) is 3.23. The molecule has 0 aromatic heterocycles. The second-order valence-corrected chi connectivity index (χ2v) is 8.06.